The number of aryl methyl sites for hydroxylation is 1. The van der Waals surface area contributed by atoms with E-state index in [0.29, 0.717) is 23.2 Å². The predicted molar refractivity (Wildman–Crippen MR) is 130 cm³/mol. The topological polar surface area (TPSA) is 86.8 Å². The van der Waals surface area contributed by atoms with E-state index in [4.69, 9.17) is 11.6 Å². The smallest absolute Gasteiger partial charge is 0.247 e. The molecule has 9 heteroatoms. The zero-order valence-corrected chi connectivity index (χ0v) is 20.9. The highest BCUT2D eigenvalue weighted by Crippen LogP contribution is 2.35. The molecule has 2 aromatic carbocycles. The van der Waals surface area contributed by atoms with E-state index in [0.717, 1.165) is 16.3 Å². The largest absolute Gasteiger partial charge is 0.354 e. The van der Waals surface area contributed by atoms with Crippen molar-refractivity contribution in [1.29, 1.82) is 0 Å². The molecule has 33 heavy (non-hydrogen) atoms. The zero-order chi connectivity index (χ0) is 24.4. The van der Waals surface area contributed by atoms with E-state index in [1.54, 1.807) is 43.3 Å². The van der Waals surface area contributed by atoms with Gasteiger partial charge in [-0.25, -0.2) is 8.42 Å². The van der Waals surface area contributed by atoms with Gasteiger partial charge in [-0.2, -0.15) is 4.31 Å². The number of halogens is 1. The Kier molecular flexibility index (Phi) is 7.51. The van der Waals surface area contributed by atoms with E-state index < -0.39 is 27.4 Å². The average Bonchev–Trinajstić information content (AvgIpc) is 2.75. The summed E-state index contributed by atoms with van der Waals surface area (Å²) >= 11 is 6.21. The van der Waals surface area contributed by atoms with Gasteiger partial charge in [-0.05, 0) is 56.0 Å². The van der Waals surface area contributed by atoms with Crippen LogP contribution in [0.1, 0.15) is 32.8 Å². The minimum absolute atomic E-state index is 0.0766. The van der Waals surface area contributed by atoms with Gasteiger partial charge in [-0.15, -0.1) is 0 Å². The van der Waals surface area contributed by atoms with Gasteiger partial charge in [-0.3, -0.25) is 14.5 Å². The van der Waals surface area contributed by atoms with Gasteiger partial charge >= 0.3 is 0 Å². The molecule has 7 nitrogen and oxygen atoms in total. The molecular formula is C24H30ClN3O4S. The zero-order valence-electron chi connectivity index (χ0n) is 19.3. The summed E-state index contributed by atoms with van der Waals surface area (Å²) in [5, 5.41) is 3.32. The van der Waals surface area contributed by atoms with Gasteiger partial charge in [0.15, 0.2) is 0 Å². The third kappa shape index (κ3) is 5.23. The van der Waals surface area contributed by atoms with E-state index in [2.05, 4.69) is 5.32 Å². The van der Waals surface area contributed by atoms with Crippen molar-refractivity contribution >= 4 is 39.1 Å². The molecule has 0 aromatic heterocycles. The predicted octanol–water partition coefficient (Wildman–Crippen LogP) is 3.61. The van der Waals surface area contributed by atoms with Crippen molar-refractivity contribution in [1.82, 2.24) is 9.62 Å². The molecule has 0 bridgehead atoms. The number of benzene rings is 2. The lowest BCUT2D eigenvalue weighted by atomic mass is 9.93. The summed E-state index contributed by atoms with van der Waals surface area (Å²) in [4.78, 5) is 28.4. The number of carbonyl (C=O) groups excluding carboxylic acids is 2. The summed E-state index contributed by atoms with van der Waals surface area (Å²) in [7, 11) is -3.98. The number of amides is 2. The van der Waals surface area contributed by atoms with Crippen LogP contribution in [0.15, 0.2) is 53.4 Å². The van der Waals surface area contributed by atoms with Gasteiger partial charge in [0, 0.05) is 23.8 Å². The number of rotatable bonds is 7. The van der Waals surface area contributed by atoms with Crippen molar-refractivity contribution in [2.45, 2.75) is 44.6 Å². The standard InChI is InChI=1S/C24H30ClN3O4S/c1-17(2)12-13-26-23(30)24(4)16-27(33(31,32)20-8-6-5-7-9-20)15-22(29)28(24)21-14-19(25)11-10-18(21)3/h5-11,14,17H,12-13,15-16H2,1-4H3,(H,26,30). The third-order valence-electron chi connectivity index (χ3n) is 5.83. The molecule has 1 atom stereocenters. The number of anilines is 1. The van der Waals surface area contributed by atoms with Crippen molar-refractivity contribution in [3.05, 3.63) is 59.1 Å². The van der Waals surface area contributed by atoms with Crippen LogP contribution in [-0.4, -0.2) is 49.7 Å². The summed E-state index contributed by atoms with van der Waals surface area (Å²) < 4.78 is 27.7. The lowest BCUT2D eigenvalue weighted by molar-refractivity contribution is -0.132. The third-order valence-corrected chi connectivity index (χ3v) is 7.87. The van der Waals surface area contributed by atoms with Crippen LogP contribution < -0.4 is 10.2 Å². The molecule has 178 valence electrons. The maximum Gasteiger partial charge on any atom is 0.247 e. The summed E-state index contributed by atoms with van der Waals surface area (Å²) in [6, 6.07) is 13.0. The van der Waals surface area contributed by atoms with Crippen molar-refractivity contribution in [3.8, 4) is 0 Å². The van der Waals surface area contributed by atoms with E-state index in [9.17, 15) is 18.0 Å². The van der Waals surface area contributed by atoms with Crippen molar-refractivity contribution < 1.29 is 18.0 Å². The van der Waals surface area contributed by atoms with Gasteiger partial charge < -0.3 is 5.32 Å². The first-order valence-electron chi connectivity index (χ1n) is 10.9. The van der Waals surface area contributed by atoms with Crippen molar-refractivity contribution in [3.63, 3.8) is 0 Å². The molecule has 0 saturated carbocycles. The highest BCUT2D eigenvalue weighted by molar-refractivity contribution is 7.89. The maximum atomic E-state index is 13.5. The lowest BCUT2D eigenvalue weighted by Crippen LogP contribution is -2.70. The van der Waals surface area contributed by atoms with E-state index in [-0.39, 0.29) is 18.0 Å². The number of piperazine rings is 1. The van der Waals surface area contributed by atoms with E-state index in [1.165, 1.54) is 17.0 Å². The molecule has 0 radical (unpaired) electrons. The molecule has 1 aliphatic heterocycles. The fraction of sp³-hybridized carbons (Fsp3) is 0.417. The van der Waals surface area contributed by atoms with Gasteiger partial charge in [0.05, 0.1) is 11.4 Å². The Morgan fingerprint density at radius 1 is 1.18 bits per heavy atom. The van der Waals surface area contributed by atoms with Crippen LogP contribution in [0.5, 0.6) is 0 Å². The first-order valence-corrected chi connectivity index (χ1v) is 12.7. The number of sulfonamides is 1. The van der Waals surface area contributed by atoms with Gasteiger partial charge in [0.25, 0.3) is 0 Å². The second-order valence-corrected chi connectivity index (χ2v) is 11.3. The second kappa shape index (κ2) is 9.83. The number of hydrogen-bond donors (Lipinski definition) is 1. The minimum Gasteiger partial charge on any atom is -0.354 e. The minimum atomic E-state index is -3.98. The molecule has 1 fully saturated rings. The molecule has 0 spiro atoms. The van der Waals surface area contributed by atoms with Gasteiger partial charge in [0.1, 0.15) is 5.54 Å². The van der Waals surface area contributed by atoms with E-state index >= 15 is 0 Å². The number of hydrogen-bond acceptors (Lipinski definition) is 4. The number of carbonyl (C=O) groups is 2. The normalized spacial score (nSPS) is 19.7. The first-order chi connectivity index (χ1) is 15.5. The Morgan fingerprint density at radius 2 is 1.85 bits per heavy atom. The molecule has 0 aliphatic carbocycles. The molecular weight excluding hydrogens is 462 g/mol. The maximum absolute atomic E-state index is 13.5. The van der Waals surface area contributed by atoms with Crippen molar-refractivity contribution in [2.24, 2.45) is 5.92 Å². The average molecular weight is 492 g/mol. The molecule has 1 unspecified atom stereocenters. The molecule has 1 heterocycles. The van der Waals surface area contributed by atoms with Crippen LogP contribution >= 0.6 is 11.6 Å². The Labute approximate surface area is 200 Å². The van der Waals surface area contributed by atoms with E-state index in [1.807, 2.05) is 20.8 Å². The van der Waals surface area contributed by atoms with Crippen LogP contribution in [0.2, 0.25) is 5.02 Å². The number of nitrogens with one attached hydrogen (secondary N) is 1. The molecule has 1 N–H and O–H groups in total. The second-order valence-electron chi connectivity index (χ2n) is 8.96. The quantitative estimate of drug-likeness (QED) is 0.641. The summed E-state index contributed by atoms with van der Waals surface area (Å²) in [5.74, 6) is -0.524. The summed E-state index contributed by atoms with van der Waals surface area (Å²) in [6.45, 7) is 7.38. The van der Waals surface area contributed by atoms with Crippen molar-refractivity contribution in [2.75, 3.05) is 24.5 Å². The van der Waals surface area contributed by atoms with Crippen LogP contribution in [0, 0.1) is 12.8 Å². The van der Waals surface area contributed by atoms with Crippen LogP contribution in [-0.2, 0) is 19.6 Å². The first kappa shape index (κ1) is 25.2. The molecule has 3 rings (SSSR count). The molecule has 1 saturated heterocycles. The Morgan fingerprint density at radius 3 is 2.48 bits per heavy atom. The number of nitrogens with zero attached hydrogens (tertiary/aromatic N) is 2. The fourth-order valence-electron chi connectivity index (χ4n) is 3.94. The van der Waals surface area contributed by atoms with Gasteiger partial charge in [0.2, 0.25) is 21.8 Å². The Balaban J connectivity index is 2.05. The van der Waals surface area contributed by atoms with Gasteiger partial charge in [-0.1, -0.05) is 49.7 Å². The Bertz CT molecular complexity index is 1140. The van der Waals surface area contributed by atoms with Crippen LogP contribution in [0.4, 0.5) is 5.69 Å². The monoisotopic (exact) mass is 491 g/mol. The Hall–Kier alpha value is -2.42. The van der Waals surface area contributed by atoms with Crippen LogP contribution in [0.25, 0.3) is 0 Å². The molecule has 1 aliphatic rings. The molecule has 2 aromatic rings. The lowest BCUT2D eigenvalue weighted by Gasteiger charge is -2.47. The fourth-order valence-corrected chi connectivity index (χ4v) is 5.61. The SMILES string of the molecule is Cc1ccc(Cl)cc1N1C(=O)CN(S(=O)(=O)c2ccccc2)CC1(C)C(=O)NCCC(C)C. The highest BCUT2D eigenvalue weighted by atomic mass is 35.5. The molecule has 2 amide bonds. The van der Waals surface area contributed by atoms with Crippen LogP contribution in [0.3, 0.4) is 0 Å². The summed E-state index contributed by atoms with van der Waals surface area (Å²) in [5.41, 5.74) is -0.219. The summed E-state index contributed by atoms with van der Waals surface area (Å²) in [6.07, 6.45) is 0.762. The highest BCUT2D eigenvalue weighted by Gasteiger charge is 2.51.